The Morgan fingerprint density at radius 3 is 2.25 bits per heavy atom. The van der Waals surface area contributed by atoms with Crippen LogP contribution in [-0.4, -0.2) is 17.1 Å². The second-order valence-electron chi connectivity index (χ2n) is 5.98. The van der Waals surface area contributed by atoms with Crippen molar-refractivity contribution in [3.05, 3.63) is 54.2 Å². The molecule has 6 heteroatoms. The van der Waals surface area contributed by atoms with Crippen molar-refractivity contribution < 1.29 is 17.9 Å². The van der Waals surface area contributed by atoms with E-state index in [1.807, 2.05) is 30.3 Å². The van der Waals surface area contributed by atoms with E-state index in [0.717, 1.165) is 43.6 Å². The first-order valence-corrected chi connectivity index (χ1v) is 8.02. The molecule has 2 aromatic rings. The van der Waals surface area contributed by atoms with E-state index in [9.17, 15) is 13.2 Å². The predicted octanol–water partition coefficient (Wildman–Crippen LogP) is 4.90. The van der Waals surface area contributed by atoms with Crippen LogP contribution >= 0.6 is 0 Å². The maximum atomic E-state index is 12.5. The zero-order chi connectivity index (χ0) is 17.0. The summed E-state index contributed by atoms with van der Waals surface area (Å²) in [5.74, 6) is 0.252. The molecule has 1 aliphatic rings. The molecule has 128 valence electrons. The zero-order valence-electron chi connectivity index (χ0n) is 13.1. The van der Waals surface area contributed by atoms with E-state index in [0.29, 0.717) is 6.04 Å². The van der Waals surface area contributed by atoms with Gasteiger partial charge < -0.3 is 10.1 Å². The van der Waals surface area contributed by atoms with Gasteiger partial charge in [0, 0.05) is 24.0 Å². The van der Waals surface area contributed by atoms with Gasteiger partial charge in [0.1, 0.15) is 6.10 Å². The van der Waals surface area contributed by atoms with Gasteiger partial charge in [0.25, 0.3) is 0 Å². The number of alkyl halides is 3. The highest BCUT2D eigenvalue weighted by atomic mass is 19.4. The quantitative estimate of drug-likeness (QED) is 0.862. The molecule has 0 bridgehead atoms. The Labute approximate surface area is 138 Å². The summed E-state index contributed by atoms with van der Waals surface area (Å²) in [6.07, 6.45) is 0.0777. The number of hydrogen-bond donors (Lipinski definition) is 1. The molecule has 0 radical (unpaired) electrons. The highest BCUT2D eigenvalue weighted by Gasteiger charge is 2.31. The normalized spacial score (nSPS) is 21.3. The number of nitrogens with one attached hydrogen (secondary N) is 1. The minimum Gasteiger partial charge on any atom is -0.474 e. The largest absolute Gasteiger partial charge is 0.474 e. The van der Waals surface area contributed by atoms with E-state index >= 15 is 0 Å². The van der Waals surface area contributed by atoms with Gasteiger partial charge in [0.15, 0.2) is 0 Å². The molecule has 1 N–H and O–H groups in total. The van der Waals surface area contributed by atoms with Gasteiger partial charge in [-0.3, -0.25) is 0 Å². The Kier molecular flexibility index (Phi) is 4.92. The van der Waals surface area contributed by atoms with Crippen LogP contribution in [0.2, 0.25) is 0 Å². The van der Waals surface area contributed by atoms with Crippen molar-refractivity contribution in [1.82, 2.24) is 4.98 Å². The lowest BCUT2D eigenvalue weighted by Crippen LogP contribution is -2.31. The standard InChI is InChI=1S/C18H19F3N2O/c19-18(20,21)13-6-11-17(22-12-13)24-16-9-7-15(8-10-16)23-14-4-2-1-3-5-14/h1-6,11-12,15-16,23H,7-10H2. The minimum atomic E-state index is -4.37. The van der Waals surface area contributed by atoms with E-state index in [-0.39, 0.29) is 12.0 Å². The third kappa shape index (κ3) is 4.40. The first-order valence-electron chi connectivity index (χ1n) is 8.02. The highest BCUT2D eigenvalue weighted by Crippen LogP contribution is 2.30. The molecule has 0 unspecified atom stereocenters. The van der Waals surface area contributed by atoms with Crippen LogP contribution in [-0.2, 0) is 6.18 Å². The van der Waals surface area contributed by atoms with Crippen molar-refractivity contribution in [3.8, 4) is 5.88 Å². The van der Waals surface area contributed by atoms with Gasteiger partial charge in [0.05, 0.1) is 5.56 Å². The SMILES string of the molecule is FC(F)(F)c1ccc(OC2CCC(Nc3ccccc3)CC2)nc1. The Morgan fingerprint density at radius 1 is 0.958 bits per heavy atom. The topological polar surface area (TPSA) is 34.1 Å². The first-order chi connectivity index (χ1) is 11.5. The Bertz CT molecular complexity index is 636. The molecule has 3 rings (SSSR count). The fourth-order valence-corrected chi connectivity index (χ4v) is 2.88. The number of anilines is 1. The lowest BCUT2D eigenvalue weighted by Gasteiger charge is -2.29. The molecular formula is C18H19F3N2O. The number of ether oxygens (including phenoxy) is 1. The number of benzene rings is 1. The number of nitrogens with zero attached hydrogens (tertiary/aromatic N) is 1. The molecule has 3 nitrogen and oxygen atoms in total. The molecule has 0 spiro atoms. The van der Waals surface area contributed by atoms with Crippen LogP contribution in [0.15, 0.2) is 48.7 Å². The maximum Gasteiger partial charge on any atom is 0.417 e. The Balaban J connectivity index is 1.48. The summed E-state index contributed by atoms with van der Waals surface area (Å²) < 4.78 is 43.3. The van der Waals surface area contributed by atoms with Crippen molar-refractivity contribution in [2.24, 2.45) is 0 Å². The second kappa shape index (κ2) is 7.11. The molecule has 0 atom stereocenters. The fourth-order valence-electron chi connectivity index (χ4n) is 2.88. The molecule has 1 aromatic carbocycles. The first kappa shape index (κ1) is 16.6. The summed E-state index contributed by atoms with van der Waals surface area (Å²) in [4.78, 5) is 3.77. The van der Waals surface area contributed by atoms with Gasteiger partial charge >= 0.3 is 6.18 Å². The van der Waals surface area contributed by atoms with Gasteiger partial charge in [0.2, 0.25) is 5.88 Å². The van der Waals surface area contributed by atoms with E-state index in [1.165, 1.54) is 6.07 Å². The summed E-state index contributed by atoms with van der Waals surface area (Å²) in [7, 11) is 0. The van der Waals surface area contributed by atoms with Crippen molar-refractivity contribution in [2.75, 3.05) is 5.32 Å². The molecule has 0 aliphatic heterocycles. The molecule has 1 fully saturated rings. The van der Waals surface area contributed by atoms with E-state index in [4.69, 9.17) is 4.74 Å². The number of pyridine rings is 1. The van der Waals surface area contributed by atoms with Crippen LogP contribution < -0.4 is 10.1 Å². The van der Waals surface area contributed by atoms with Crippen LogP contribution in [0.5, 0.6) is 5.88 Å². The van der Waals surface area contributed by atoms with Crippen LogP contribution in [0, 0.1) is 0 Å². The van der Waals surface area contributed by atoms with Crippen molar-refractivity contribution in [1.29, 1.82) is 0 Å². The van der Waals surface area contributed by atoms with Gasteiger partial charge in [-0.1, -0.05) is 18.2 Å². The summed E-state index contributed by atoms with van der Waals surface area (Å²) >= 11 is 0. The monoisotopic (exact) mass is 336 g/mol. The van der Waals surface area contributed by atoms with Crippen LogP contribution in [0.3, 0.4) is 0 Å². The van der Waals surface area contributed by atoms with Gasteiger partial charge in [-0.05, 0) is 43.9 Å². The molecule has 1 heterocycles. The molecule has 0 saturated heterocycles. The number of para-hydroxylation sites is 1. The minimum absolute atomic E-state index is 0.00283. The number of halogens is 3. The van der Waals surface area contributed by atoms with Crippen LogP contribution in [0.1, 0.15) is 31.2 Å². The molecule has 24 heavy (non-hydrogen) atoms. The van der Waals surface area contributed by atoms with Gasteiger partial charge in [-0.2, -0.15) is 13.2 Å². The van der Waals surface area contributed by atoms with Crippen molar-refractivity contribution >= 4 is 5.69 Å². The molecule has 1 aromatic heterocycles. The average molecular weight is 336 g/mol. The summed E-state index contributed by atoms with van der Waals surface area (Å²) in [5, 5.41) is 3.49. The van der Waals surface area contributed by atoms with Gasteiger partial charge in [-0.15, -0.1) is 0 Å². The second-order valence-corrected chi connectivity index (χ2v) is 5.98. The van der Waals surface area contributed by atoms with Gasteiger partial charge in [-0.25, -0.2) is 4.98 Å². The van der Waals surface area contributed by atoms with Crippen LogP contribution in [0.25, 0.3) is 0 Å². The van der Waals surface area contributed by atoms with E-state index < -0.39 is 11.7 Å². The third-order valence-corrected chi connectivity index (χ3v) is 4.17. The Hall–Kier alpha value is -2.24. The zero-order valence-corrected chi connectivity index (χ0v) is 13.1. The molecule has 1 aliphatic carbocycles. The summed E-state index contributed by atoms with van der Waals surface area (Å²) in [6, 6.07) is 12.7. The average Bonchev–Trinajstić information content (AvgIpc) is 2.57. The van der Waals surface area contributed by atoms with E-state index in [2.05, 4.69) is 10.3 Å². The number of rotatable bonds is 4. The van der Waals surface area contributed by atoms with Crippen molar-refractivity contribution in [3.63, 3.8) is 0 Å². The predicted molar refractivity (Wildman–Crippen MR) is 86.0 cm³/mol. The number of aromatic nitrogens is 1. The fraction of sp³-hybridized carbons (Fsp3) is 0.389. The smallest absolute Gasteiger partial charge is 0.417 e. The Morgan fingerprint density at radius 2 is 1.67 bits per heavy atom. The van der Waals surface area contributed by atoms with E-state index in [1.54, 1.807) is 0 Å². The molecular weight excluding hydrogens is 317 g/mol. The summed E-state index contributed by atoms with van der Waals surface area (Å²) in [5.41, 5.74) is 0.344. The third-order valence-electron chi connectivity index (χ3n) is 4.17. The van der Waals surface area contributed by atoms with Crippen LogP contribution in [0.4, 0.5) is 18.9 Å². The lowest BCUT2D eigenvalue weighted by molar-refractivity contribution is -0.137. The lowest BCUT2D eigenvalue weighted by atomic mass is 9.93. The summed E-state index contributed by atoms with van der Waals surface area (Å²) in [6.45, 7) is 0. The molecule has 0 amide bonds. The molecule has 1 saturated carbocycles. The highest BCUT2D eigenvalue weighted by molar-refractivity contribution is 5.43. The maximum absolute atomic E-state index is 12.5. The number of hydrogen-bond acceptors (Lipinski definition) is 3. The van der Waals surface area contributed by atoms with Crippen molar-refractivity contribution in [2.45, 2.75) is 44.0 Å².